The van der Waals surface area contributed by atoms with Crippen molar-refractivity contribution in [3.63, 3.8) is 0 Å². The summed E-state index contributed by atoms with van der Waals surface area (Å²) in [6, 6.07) is 10.3. The van der Waals surface area contributed by atoms with Crippen LogP contribution in [0, 0.1) is 5.82 Å². The van der Waals surface area contributed by atoms with E-state index in [1.54, 1.807) is 0 Å². The van der Waals surface area contributed by atoms with Crippen LogP contribution >= 0.6 is 0 Å². The molecule has 0 saturated carbocycles. The van der Waals surface area contributed by atoms with Gasteiger partial charge in [0.15, 0.2) is 0 Å². The number of hydrogen-bond acceptors (Lipinski definition) is 4. The van der Waals surface area contributed by atoms with Crippen molar-refractivity contribution in [2.75, 3.05) is 11.8 Å². The van der Waals surface area contributed by atoms with Crippen LogP contribution in [-0.4, -0.2) is 21.5 Å². The predicted molar refractivity (Wildman–Crippen MR) is 75.0 cm³/mol. The van der Waals surface area contributed by atoms with Gasteiger partial charge in [0.2, 0.25) is 0 Å². The first-order chi connectivity index (χ1) is 9.92. The Bertz CT molecular complexity index is 757. The average molecular weight is 309 g/mol. The van der Waals surface area contributed by atoms with Gasteiger partial charge in [-0.15, -0.1) is 0 Å². The Hall–Kier alpha value is -2.41. The second kappa shape index (κ2) is 5.92. The SMILES string of the molecule is COC(=O)c1cccc(NS(=O)(=O)c2ccc(F)cc2)c1. The molecule has 0 bridgehead atoms. The number of carbonyl (C=O) groups excluding carboxylic acids is 1. The van der Waals surface area contributed by atoms with Crippen molar-refractivity contribution in [3.8, 4) is 0 Å². The fraction of sp³-hybridized carbons (Fsp3) is 0.0714. The largest absolute Gasteiger partial charge is 0.465 e. The van der Waals surface area contributed by atoms with E-state index < -0.39 is 21.8 Å². The average Bonchev–Trinajstić information content (AvgIpc) is 2.46. The smallest absolute Gasteiger partial charge is 0.337 e. The highest BCUT2D eigenvalue weighted by atomic mass is 32.2. The summed E-state index contributed by atoms with van der Waals surface area (Å²) in [4.78, 5) is 11.3. The van der Waals surface area contributed by atoms with Crippen molar-refractivity contribution < 1.29 is 22.3 Å². The number of nitrogens with one attached hydrogen (secondary N) is 1. The summed E-state index contributed by atoms with van der Waals surface area (Å²) >= 11 is 0. The molecule has 5 nitrogen and oxygen atoms in total. The van der Waals surface area contributed by atoms with E-state index in [9.17, 15) is 17.6 Å². The van der Waals surface area contributed by atoms with Crippen molar-refractivity contribution in [2.45, 2.75) is 4.90 Å². The van der Waals surface area contributed by atoms with E-state index in [0.717, 1.165) is 24.3 Å². The molecule has 0 aliphatic rings. The van der Waals surface area contributed by atoms with Crippen LogP contribution in [0.2, 0.25) is 0 Å². The second-order valence-electron chi connectivity index (χ2n) is 4.13. The molecular formula is C14H12FNO4S. The number of halogens is 1. The molecular weight excluding hydrogens is 297 g/mol. The minimum absolute atomic E-state index is 0.0765. The topological polar surface area (TPSA) is 72.5 Å². The van der Waals surface area contributed by atoms with Crippen molar-refractivity contribution in [3.05, 3.63) is 59.9 Å². The van der Waals surface area contributed by atoms with Gasteiger partial charge in [-0.25, -0.2) is 17.6 Å². The van der Waals surface area contributed by atoms with Crippen LogP contribution in [0.3, 0.4) is 0 Å². The number of rotatable bonds is 4. The lowest BCUT2D eigenvalue weighted by Gasteiger charge is -2.09. The maximum Gasteiger partial charge on any atom is 0.337 e. The van der Waals surface area contributed by atoms with Crippen LogP contribution in [0.5, 0.6) is 0 Å². The predicted octanol–water partition coefficient (Wildman–Crippen LogP) is 2.41. The Morgan fingerprint density at radius 2 is 1.81 bits per heavy atom. The molecule has 0 aliphatic carbocycles. The molecule has 0 heterocycles. The number of sulfonamides is 1. The van der Waals surface area contributed by atoms with E-state index in [1.807, 2.05) is 0 Å². The van der Waals surface area contributed by atoms with E-state index in [-0.39, 0.29) is 16.1 Å². The third kappa shape index (κ3) is 3.57. The number of esters is 1. The van der Waals surface area contributed by atoms with Crippen LogP contribution in [0.15, 0.2) is 53.4 Å². The molecule has 0 saturated heterocycles. The molecule has 0 unspecified atom stereocenters. The van der Waals surface area contributed by atoms with Gasteiger partial charge in [-0.2, -0.15) is 0 Å². The third-order valence-electron chi connectivity index (χ3n) is 2.66. The van der Waals surface area contributed by atoms with Gasteiger partial charge in [-0.1, -0.05) is 6.07 Å². The Morgan fingerprint density at radius 1 is 1.14 bits per heavy atom. The molecule has 0 radical (unpaired) electrons. The van der Waals surface area contributed by atoms with E-state index in [4.69, 9.17) is 0 Å². The highest BCUT2D eigenvalue weighted by Gasteiger charge is 2.15. The minimum atomic E-state index is -3.85. The first-order valence-electron chi connectivity index (χ1n) is 5.89. The fourth-order valence-electron chi connectivity index (χ4n) is 1.66. The van der Waals surface area contributed by atoms with Crippen molar-refractivity contribution >= 4 is 21.7 Å². The monoisotopic (exact) mass is 309 g/mol. The van der Waals surface area contributed by atoms with Gasteiger partial charge in [0.05, 0.1) is 17.6 Å². The van der Waals surface area contributed by atoms with Gasteiger partial charge >= 0.3 is 5.97 Å². The standard InChI is InChI=1S/C14H12FNO4S/c1-20-14(17)10-3-2-4-12(9-10)16-21(18,19)13-7-5-11(15)6-8-13/h2-9,16H,1H3. The summed E-state index contributed by atoms with van der Waals surface area (Å²) in [5, 5.41) is 0. The highest BCUT2D eigenvalue weighted by Crippen LogP contribution is 2.18. The number of ether oxygens (including phenoxy) is 1. The maximum atomic E-state index is 12.8. The van der Waals surface area contributed by atoms with Gasteiger partial charge < -0.3 is 4.74 Å². The van der Waals surface area contributed by atoms with Gasteiger partial charge in [-0.05, 0) is 42.5 Å². The zero-order chi connectivity index (χ0) is 15.5. The molecule has 7 heteroatoms. The minimum Gasteiger partial charge on any atom is -0.465 e. The van der Waals surface area contributed by atoms with E-state index >= 15 is 0 Å². The summed E-state index contributed by atoms with van der Waals surface area (Å²) < 4.78 is 43.9. The first-order valence-corrected chi connectivity index (χ1v) is 7.37. The van der Waals surface area contributed by atoms with Crippen molar-refractivity contribution in [1.29, 1.82) is 0 Å². The van der Waals surface area contributed by atoms with Gasteiger partial charge in [0, 0.05) is 5.69 Å². The van der Waals surface area contributed by atoms with Crippen molar-refractivity contribution in [2.24, 2.45) is 0 Å². The fourth-order valence-corrected chi connectivity index (χ4v) is 2.70. The third-order valence-corrected chi connectivity index (χ3v) is 4.06. The molecule has 2 rings (SSSR count). The van der Waals surface area contributed by atoms with E-state index in [0.29, 0.717) is 0 Å². The summed E-state index contributed by atoms with van der Waals surface area (Å²) in [7, 11) is -2.61. The summed E-state index contributed by atoms with van der Waals surface area (Å²) in [5.74, 6) is -1.10. The zero-order valence-electron chi connectivity index (χ0n) is 11.0. The molecule has 0 atom stereocenters. The number of anilines is 1. The quantitative estimate of drug-likeness (QED) is 0.880. The van der Waals surface area contributed by atoms with Gasteiger partial charge in [0.1, 0.15) is 5.82 Å². The number of hydrogen-bond donors (Lipinski definition) is 1. The normalized spacial score (nSPS) is 11.0. The number of carbonyl (C=O) groups is 1. The Labute approximate surface area is 121 Å². The van der Waals surface area contributed by atoms with Crippen LogP contribution in [0.4, 0.5) is 10.1 Å². The molecule has 0 fully saturated rings. The molecule has 0 spiro atoms. The molecule has 0 aliphatic heterocycles. The molecule has 0 amide bonds. The zero-order valence-corrected chi connectivity index (χ0v) is 11.9. The lowest BCUT2D eigenvalue weighted by molar-refractivity contribution is 0.0601. The van der Waals surface area contributed by atoms with Gasteiger partial charge in [0.25, 0.3) is 10.0 Å². The van der Waals surface area contributed by atoms with Crippen LogP contribution in [0.1, 0.15) is 10.4 Å². The Kier molecular flexibility index (Phi) is 4.23. The van der Waals surface area contributed by atoms with Crippen molar-refractivity contribution in [1.82, 2.24) is 0 Å². The molecule has 2 aromatic carbocycles. The molecule has 21 heavy (non-hydrogen) atoms. The number of methoxy groups -OCH3 is 1. The maximum absolute atomic E-state index is 12.8. The van der Waals surface area contributed by atoms with E-state index in [2.05, 4.69) is 9.46 Å². The summed E-state index contributed by atoms with van der Waals surface area (Å²) in [6.07, 6.45) is 0. The lowest BCUT2D eigenvalue weighted by Crippen LogP contribution is -2.13. The second-order valence-corrected chi connectivity index (χ2v) is 5.81. The molecule has 110 valence electrons. The summed E-state index contributed by atoms with van der Waals surface area (Å²) in [5.41, 5.74) is 0.430. The van der Waals surface area contributed by atoms with Crippen LogP contribution in [-0.2, 0) is 14.8 Å². The lowest BCUT2D eigenvalue weighted by atomic mass is 10.2. The Morgan fingerprint density at radius 3 is 2.43 bits per heavy atom. The van der Waals surface area contributed by atoms with Crippen LogP contribution < -0.4 is 4.72 Å². The molecule has 1 N–H and O–H groups in total. The number of benzene rings is 2. The first kappa shape index (κ1) is 15.0. The van der Waals surface area contributed by atoms with Crippen LogP contribution in [0.25, 0.3) is 0 Å². The molecule has 0 aromatic heterocycles. The highest BCUT2D eigenvalue weighted by molar-refractivity contribution is 7.92. The van der Waals surface area contributed by atoms with Gasteiger partial charge in [-0.3, -0.25) is 4.72 Å². The molecule has 2 aromatic rings. The Balaban J connectivity index is 2.28. The van der Waals surface area contributed by atoms with E-state index in [1.165, 1.54) is 31.4 Å². The summed E-state index contributed by atoms with van der Waals surface area (Å²) in [6.45, 7) is 0.